The van der Waals surface area contributed by atoms with E-state index in [4.69, 9.17) is 5.73 Å². The topological polar surface area (TPSA) is 30.9 Å². The minimum atomic E-state index is -0.424. The van der Waals surface area contributed by atoms with Crippen LogP contribution < -0.4 is 5.73 Å². The lowest BCUT2D eigenvalue weighted by molar-refractivity contribution is 0.579. The van der Waals surface area contributed by atoms with E-state index in [-0.39, 0.29) is 0 Å². The second-order valence-corrected chi connectivity index (χ2v) is 5.11. The quantitative estimate of drug-likeness (QED) is 0.782. The van der Waals surface area contributed by atoms with Crippen LogP contribution in [0.15, 0.2) is 48.7 Å². The highest BCUT2D eigenvalue weighted by molar-refractivity contribution is 5.81. The van der Waals surface area contributed by atoms with Gasteiger partial charge in [0.15, 0.2) is 0 Å². The van der Waals surface area contributed by atoms with Crippen LogP contribution in [-0.2, 0) is 13.0 Å². The van der Waals surface area contributed by atoms with Crippen molar-refractivity contribution in [1.29, 1.82) is 0 Å². The summed E-state index contributed by atoms with van der Waals surface area (Å²) in [5.74, 6) is -0.817. The monoisotopic (exact) mass is 286 g/mol. The fraction of sp³-hybridized carbons (Fsp3) is 0.176. The molecule has 0 bridgehead atoms. The molecule has 0 fully saturated rings. The number of benzene rings is 2. The molecule has 4 heteroatoms. The molecule has 0 saturated carbocycles. The molecule has 3 aromatic rings. The van der Waals surface area contributed by atoms with E-state index >= 15 is 0 Å². The predicted molar refractivity (Wildman–Crippen MR) is 80.2 cm³/mol. The molecule has 1 aromatic heterocycles. The zero-order valence-corrected chi connectivity index (χ0v) is 11.5. The molecule has 0 radical (unpaired) electrons. The molecule has 108 valence electrons. The molecule has 0 spiro atoms. The van der Waals surface area contributed by atoms with E-state index in [1.54, 1.807) is 0 Å². The molecule has 0 aliphatic carbocycles. The summed E-state index contributed by atoms with van der Waals surface area (Å²) in [5, 5.41) is 1.08. The van der Waals surface area contributed by atoms with Gasteiger partial charge in [0.1, 0.15) is 11.6 Å². The van der Waals surface area contributed by atoms with Crippen LogP contribution in [-0.4, -0.2) is 11.1 Å². The summed E-state index contributed by atoms with van der Waals surface area (Å²) in [6.45, 7) is 0.893. The molecule has 1 heterocycles. The summed E-state index contributed by atoms with van der Waals surface area (Å²) < 4.78 is 29.0. The minimum Gasteiger partial charge on any atom is -0.343 e. The maximum atomic E-state index is 13.8. The standard InChI is InChI=1S/C17H16F2N2/c18-15-3-4-16(19)14(10-15)11-21-8-6-13-2-1-12(5-7-20)9-17(13)21/h1-4,6,8-10H,5,7,11,20H2. The minimum absolute atomic E-state index is 0.305. The maximum absolute atomic E-state index is 13.8. The Morgan fingerprint density at radius 2 is 1.86 bits per heavy atom. The summed E-state index contributed by atoms with van der Waals surface area (Å²) in [6.07, 6.45) is 2.69. The lowest BCUT2D eigenvalue weighted by Gasteiger charge is -2.08. The predicted octanol–water partition coefficient (Wildman–Crippen LogP) is 3.47. The van der Waals surface area contributed by atoms with Gasteiger partial charge in [-0.3, -0.25) is 0 Å². The number of rotatable bonds is 4. The molecule has 0 atom stereocenters. The molecule has 0 amide bonds. The first kappa shape index (κ1) is 13.8. The van der Waals surface area contributed by atoms with Gasteiger partial charge < -0.3 is 10.3 Å². The Kier molecular flexibility index (Phi) is 3.71. The zero-order chi connectivity index (χ0) is 14.8. The summed E-state index contributed by atoms with van der Waals surface area (Å²) in [4.78, 5) is 0. The highest BCUT2D eigenvalue weighted by Crippen LogP contribution is 2.20. The molecule has 0 aliphatic rings. The molecule has 21 heavy (non-hydrogen) atoms. The van der Waals surface area contributed by atoms with Crippen LogP contribution in [0.1, 0.15) is 11.1 Å². The van der Waals surface area contributed by atoms with Crippen LogP contribution in [0.4, 0.5) is 8.78 Å². The van der Waals surface area contributed by atoms with Crippen LogP contribution in [0.5, 0.6) is 0 Å². The van der Waals surface area contributed by atoms with Gasteiger partial charge in [0.05, 0.1) is 6.54 Å². The van der Waals surface area contributed by atoms with Crippen molar-refractivity contribution in [2.24, 2.45) is 5.73 Å². The highest BCUT2D eigenvalue weighted by atomic mass is 19.1. The summed E-state index contributed by atoms with van der Waals surface area (Å²) >= 11 is 0. The second-order valence-electron chi connectivity index (χ2n) is 5.11. The third kappa shape index (κ3) is 2.81. The molecule has 2 aromatic carbocycles. The molecular formula is C17H16F2N2. The van der Waals surface area contributed by atoms with Gasteiger partial charge in [-0.25, -0.2) is 8.78 Å². The van der Waals surface area contributed by atoms with Gasteiger partial charge >= 0.3 is 0 Å². The van der Waals surface area contributed by atoms with Crippen molar-refractivity contribution in [3.05, 3.63) is 71.4 Å². The largest absolute Gasteiger partial charge is 0.343 e. The molecule has 3 rings (SSSR count). The second kappa shape index (κ2) is 5.66. The van der Waals surface area contributed by atoms with Crippen LogP contribution in [0.2, 0.25) is 0 Å². The zero-order valence-electron chi connectivity index (χ0n) is 11.5. The summed E-state index contributed by atoms with van der Waals surface area (Å²) in [7, 11) is 0. The number of halogens is 2. The van der Waals surface area contributed by atoms with Crippen molar-refractivity contribution >= 4 is 10.9 Å². The average Bonchev–Trinajstić information content (AvgIpc) is 2.86. The Labute approximate surface area is 121 Å². The Hall–Kier alpha value is -2.20. The van der Waals surface area contributed by atoms with Crippen molar-refractivity contribution in [2.45, 2.75) is 13.0 Å². The molecule has 2 N–H and O–H groups in total. The molecule has 0 unspecified atom stereocenters. The molecular weight excluding hydrogens is 270 g/mol. The Bertz CT molecular complexity index is 778. The van der Waals surface area contributed by atoms with E-state index in [2.05, 4.69) is 6.07 Å². The smallest absolute Gasteiger partial charge is 0.128 e. The number of fused-ring (bicyclic) bond motifs is 1. The van der Waals surface area contributed by atoms with Crippen molar-refractivity contribution < 1.29 is 8.78 Å². The van der Waals surface area contributed by atoms with Gasteiger partial charge in [0.2, 0.25) is 0 Å². The number of hydrogen-bond donors (Lipinski definition) is 1. The van der Waals surface area contributed by atoms with Crippen molar-refractivity contribution in [1.82, 2.24) is 4.57 Å². The third-order valence-electron chi connectivity index (χ3n) is 3.62. The van der Waals surface area contributed by atoms with Crippen LogP contribution >= 0.6 is 0 Å². The van der Waals surface area contributed by atoms with Gasteiger partial charge in [-0.05, 0) is 54.2 Å². The van der Waals surface area contributed by atoms with Gasteiger partial charge in [0, 0.05) is 17.3 Å². The lowest BCUT2D eigenvalue weighted by Crippen LogP contribution is -2.04. The Balaban J connectivity index is 2.00. The lowest BCUT2D eigenvalue weighted by atomic mass is 10.1. The third-order valence-corrected chi connectivity index (χ3v) is 3.62. The number of hydrogen-bond acceptors (Lipinski definition) is 1. The number of nitrogens with zero attached hydrogens (tertiary/aromatic N) is 1. The fourth-order valence-electron chi connectivity index (χ4n) is 2.54. The van der Waals surface area contributed by atoms with Crippen molar-refractivity contribution in [2.75, 3.05) is 6.54 Å². The van der Waals surface area contributed by atoms with Crippen molar-refractivity contribution in [3.63, 3.8) is 0 Å². The van der Waals surface area contributed by atoms with E-state index in [0.717, 1.165) is 35.0 Å². The fourth-order valence-corrected chi connectivity index (χ4v) is 2.54. The molecule has 2 nitrogen and oxygen atoms in total. The van der Waals surface area contributed by atoms with Gasteiger partial charge in [-0.15, -0.1) is 0 Å². The normalized spacial score (nSPS) is 11.2. The first-order valence-electron chi connectivity index (χ1n) is 6.89. The van der Waals surface area contributed by atoms with E-state index in [1.807, 2.05) is 29.0 Å². The Morgan fingerprint density at radius 1 is 1.00 bits per heavy atom. The van der Waals surface area contributed by atoms with E-state index < -0.39 is 11.6 Å². The highest BCUT2D eigenvalue weighted by Gasteiger charge is 2.07. The van der Waals surface area contributed by atoms with E-state index in [0.29, 0.717) is 18.7 Å². The van der Waals surface area contributed by atoms with Gasteiger partial charge in [0.25, 0.3) is 0 Å². The SMILES string of the molecule is NCCc1ccc2ccn(Cc3cc(F)ccc3F)c2c1. The summed E-state index contributed by atoms with van der Waals surface area (Å²) in [5.41, 5.74) is 8.07. The molecule has 0 aliphatic heterocycles. The first-order chi connectivity index (χ1) is 10.2. The van der Waals surface area contributed by atoms with Gasteiger partial charge in [-0.2, -0.15) is 0 Å². The number of nitrogens with two attached hydrogens (primary N) is 1. The van der Waals surface area contributed by atoms with Crippen molar-refractivity contribution in [3.8, 4) is 0 Å². The summed E-state index contributed by atoms with van der Waals surface area (Å²) in [6, 6.07) is 11.6. The average molecular weight is 286 g/mol. The van der Waals surface area contributed by atoms with E-state index in [9.17, 15) is 8.78 Å². The van der Waals surface area contributed by atoms with Gasteiger partial charge in [-0.1, -0.05) is 12.1 Å². The van der Waals surface area contributed by atoms with E-state index in [1.165, 1.54) is 6.07 Å². The molecule has 0 saturated heterocycles. The first-order valence-corrected chi connectivity index (χ1v) is 6.89. The van der Waals surface area contributed by atoms with Crippen LogP contribution in [0.3, 0.4) is 0 Å². The maximum Gasteiger partial charge on any atom is 0.128 e. The number of aromatic nitrogens is 1. The van der Waals surface area contributed by atoms with Crippen LogP contribution in [0.25, 0.3) is 10.9 Å². The Morgan fingerprint density at radius 3 is 2.67 bits per heavy atom. The van der Waals surface area contributed by atoms with Crippen LogP contribution in [0, 0.1) is 11.6 Å².